The highest BCUT2D eigenvalue weighted by Gasteiger charge is 2.29. The average molecular weight is 466 g/mol. The number of hydrogen-bond acceptors (Lipinski definition) is 6. The standard InChI is InChI=1S/C27H27N7O/c1-2-3-7-18-8-6-9-21(16-18)25(35)27-28-24(29-30-27)17-19-12-14-20(15-13-19)22-10-4-5-11-23(22)26-31-33-34-32-26/h1,4-5,10-15,18,21H,3,6-9,16-17H2,(H,28,29,30)(H,31,32,33,34). The summed E-state index contributed by atoms with van der Waals surface area (Å²) in [5.41, 5.74) is 4.07. The first-order valence-corrected chi connectivity index (χ1v) is 12.0. The highest BCUT2D eigenvalue weighted by molar-refractivity contribution is 5.94. The van der Waals surface area contributed by atoms with Crippen molar-refractivity contribution in [3.05, 3.63) is 65.7 Å². The highest BCUT2D eigenvalue weighted by Crippen LogP contribution is 2.33. The van der Waals surface area contributed by atoms with Crippen LogP contribution >= 0.6 is 0 Å². The van der Waals surface area contributed by atoms with Crippen LogP contribution in [0.15, 0.2) is 48.5 Å². The van der Waals surface area contributed by atoms with Crippen LogP contribution in [-0.4, -0.2) is 41.6 Å². The first-order valence-electron chi connectivity index (χ1n) is 12.0. The maximum atomic E-state index is 13.0. The molecule has 35 heavy (non-hydrogen) atoms. The Morgan fingerprint density at radius 3 is 2.66 bits per heavy atom. The molecule has 2 atom stereocenters. The third-order valence-electron chi connectivity index (χ3n) is 6.75. The van der Waals surface area contributed by atoms with Crippen LogP contribution in [0.5, 0.6) is 0 Å². The lowest BCUT2D eigenvalue weighted by Crippen LogP contribution is -2.24. The lowest BCUT2D eigenvalue weighted by atomic mass is 9.77. The summed E-state index contributed by atoms with van der Waals surface area (Å²) in [5.74, 6) is 4.83. The van der Waals surface area contributed by atoms with Crippen LogP contribution in [0.4, 0.5) is 0 Å². The molecule has 0 radical (unpaired) electrons. The van der Waals surface area contributed by atoms with Gasteiger partial charge in [0, 0.05) is 24.3 Å². The van der Waals surface area contributed by atoms with Crippen LogP contribution in [0, 0.1) is 24.2 Å². The van der Waals surface area contributed by atoms with E-state index in [4.69, 9.17) is 6.42 Å². The van der Waals surface area contributed by atoms with Gasteiger partial charge in [-0.25, -0.2) is 4.98 Å². The van der Waals surface area contributed by atoms with E-state index < -0.39 is 0 Å². The van der Waals surface area contributed by atoms with Gasteiger partial charge in [0.15, 0.2) is 0 Å². The maximum Gasteiger partial charge on any atom is 0.217 e. The Balaban J connectivity index is 1.25. The number of ketones is 1. The van der Waals surface area contributed by atoms with Crippen LogP contribution in [-0.2, 0) is 6.42 Å². The summed E-state index contributed by atoms with van der Waals surface area (Å²) in [4.78, 5) is 17.5. The van der Waals surface area contributed by atoms with Gasteiger partial charge in [0.05, 0.1) is 0 Å². The number of aromatic amines is 2. The Kier molecular flexibility index (Phi) is 6.75. The van der Waals surface area contributed by atoms with E-state index in [0.717, 1.165) is 60.8 Å². The van der Waals surface area contributed by atoms with E-state index in [1.165, 1.54) is 0 Å². The predicted molar refractivity (Wildman–Crippen MR) is 132 cm³/mol. The molecule has 1 aliphatic carbocycles. The Bertz CT molecular complexity index is 1320. The summed E-state index contributed by atoms with van der Waals surface area (Å²) >= 11 is 0. The molecule has 176 valence electrons. The number of nitrogens with zero attached hydrogens (tertiary/aromatic N) is 5. The topological polar surface area (TPSA) is 113 Å². The molecular weight excluding hydrogens is 438 g/mol. The van der Waals surface area contributed by atoms with Gasteiger partial charge in [-0.1, -0.05) is 61.4 Å². The Hall–Kier alpha value is -4.12. The van der Waals surface area contributed by atoms with E-state index in [2.05, 4.69) is 66.0 Å². The fourth-order valence-corrected chi connectivity index (χ4v) is 4.95. The van der Waals surface area contributed by atoms with Crippen LogP contribution in [0.25, 0.3) is 22.5 Å². The van der Waals surface area contributed by atoms with Crippen LogP contribution in [0.1, 0.15) is 60.5 Å². The van der Waals surface area contributed by atoms with Crippen molar-refractivity contribution in [1.82, 2.24) is 35.8 Å². The van der Waals surface area contributed by atoms with Gasteiger partial charge in [0.2, 0.25) is 17.4 Å². The number of aromatic nitrogens is 7. The minimum Gasteiger partial charge on any atom is -0.290 e. The van der Waals surface area contributed by atoms with Crippen LogP contribution in [0.3, 0.4) is 0 Å². The number of hydrogen-bond donors (Lipinski definition) is 2. The summed E-state index contributed by atoms with van der Waals surface area (Å²) in [7, 11) is 0. The van der Waals surface area contributed by atoms with Gasteiger partial charge in [-0.15, -0.1) is 22.5 Å². The average Bonchev–Trinajstić information content (AvgIpc) is 3.61. The van der Waals surface area contributed by atoms with Crippen molar-refractivity contribution >= 4 is 5.78 Å². The second-order valence-electron chi connectivity index (χ2n) is 9.10. The molecule has 1 saturated carbocycles. The second kappa shape index (κ2) is 10.4. The monoisotopic (exact) mass is 465 g/mol. The quantitative estimate of drug-likeness (QED) is 0.289. The summed E-state index contributed by atoms with van der Waals surface area (Å²) in [5, 5.41) is 21.6. The lowest BCUT2D eigenvalue weighted by molar-refractivity contribution is 0.0850. The van der Waals surface area contributed by atoms with Gasteiger partial charge in [0.25, 0.3) is 0 Å². The van der Waals surface area contributed by atoms with E-state index in [1.54, 1.807) is 0 Å². The Morgan fingerprint density at radius 2 is 1.89 bits per heavy atom. The van der Waals surface area contributed by atoms with Crippen molar-refractivity contribution in [1.29, 1.82) is 0 Å². The summed E-state index contributed by atoms with van der Waals surface area (Å²) < 4.78 is 0. The molecule has 2 aromatic heterocycles. The van der Waals surface area contributed by atoms with Crippen molar-refractivity contribution < 1.29 is 4.79 Å². The number of Topliss-reactive ketones (excluding diaryl/α,β-unsaturated/α-hetero) is 1. The van der Waals surface area contributed by atoms with Crippen molar-refractivity contribution in [2.75, 3.05) is 0 Å². The number of carbonyl (C=O) groups excluding carboxylic acids is 1. The molecule has 2 aromatic carbocycles. The normalized spacial score (nSPS) is 17.7. The van der Waals surface area contributed by atoms with Crippen molar-refractivity contribution in [3.8, 4) is 34.9 Å². The van der Waals surface area contributed by atoms with E-state index in [9.17, 15) is 4.79 Å². The van der Waals surface area contributed by atoms with Gasteiger partial charge < -0.3 is 0 Å². The van der Waals surface area contributed by atoms with Crippen molar-refractivity contribution in [3.63, 3.8) is 0 Å². The SMILES string of the molecule is C#CCCC1CCCC(C(=O)c2n[nH]c(Cc3ccc(-c4ccccc4-c4nn[nH]n4)cc3)n2)C1. The van der Waals surface area contributed by atoms with Gasteiger partial charge in [-0.2, -0.15) is 10.3 Å². The molecule has 0 spiro atoms. The molecule has 8 heteroatoms. The first-order chi connectivity index (χ1) is 17.2. The molecule has 5 rings (SSSR count). The molecule has 2 heterocycles. The number of carbonyl (C=O) groups is 1. The fraction of sp³-hybridized carbons (Fsp3) is 0.333. The zero-order valence-electron chi connectivity index (χ0n) is 19.4. The molecule has 0 aliphatic heterocycles. The number of H-pyrrole nitrogens is 2. The minimum atomic E-state index is -0.00580. The van der Waals surface area contributed by atoms with Gasteiger partial charge in [-0.3, -0.25) is 9.89 Å². The molecule has 0 bridgehead atoms. The molecular formula is C27H27N7O. The van der Waals surface area contributed by atoms with Crippen LogP contribution in [0.2, 0.25) is 0 Å². The zero-order valence-corrected chi connectivity index (χ0v) is 19.4. The summed E-state index contributed by atoms with van der Waals surface area (Å²) in [6.45, 7) is 0. The Labute approximate surface area is 204 Å². The molecule has 4 aromatic rings. The van der Waals surface area contributed by atoms with Gasteiger partial charge >= 0.3 is 0 Å². The highest BCUT2D eigenvalue weighted by atomic mass is 16.1. The molecule has 1 fully saturated rings. The van der Waals surface area contributed by atoms with Crippen LogP contribution < -0.4 is 0 Å². The van der Waals surface area contributed by atoms with Gasteiger partial charge in [0.1, 0.15) is 5.82 Å². The first kappa shape index (κ1) is 22.7. The molecule has 8 nitrogen and oxygen atoms in total. The minimum absolute atomic E-state index is 0.00580. The predicted octanol–water partition coefficient (Wildman–Crippen LogP) is 4.65. The molecule has 0 amide bonds. The smallest absolute Gasteiger partial charge is 0.217 e. The van der Waals surface area contributed by atoms with E-state index in [0.29, 0.717) is 29.8 Å². The number of rotatable bonds is 8. The summed E-state index contributed by atoms with van der Waals surface area (Å²) in [6, 6.07) is 16.2. The van der Waals surface area contributed by atoms with E-state index >= 15 is 0 Å². The maximum absolute atomic E-state index is 13.0. The molecule has 2 unspecified atom stereocenters. The largest absolute Gasteiger partial charge is 0.290 e. The number of nitrogens with one attached hydrogen (secondary N) is 2. The second-order valence-corrected chi connectivity index (χ2v) is 9.10. The summed E-state index contributed by atoms with van der Waals surface area (Å²) in [6.07, 6.45) is 11.8. The van der Waals surface area contributed by atoms with E-state index in [-0.39, 0.29) is 11.7 Å². The third-order valence-corrected chi connectivity index (χ3v) is 6.75. The molecule has 0 saturated heterocycles. The fourth-order valence-electron chi connectivity index (χ4n) is 4.95. The van der Waals surface area contributed by atoms with Gasteiger partial charge in [-0.05, 0) is 47.1 Å². The Morgan fingerprint density at radius 1 is 1.06 bits per heavy atom. The number of terminal acetylenes is 1. The number of benzene rings is 2. The van der Waals surface area contributed by atoms with E-state index in [1.807, 2.05) is 24.3 Å². The zero-order chi connectivity index (χ0) is 24.0. The van der Waals surface area contributed by atoms with Crippen molar-refractivity contribution in [2.24, 2.45) is 11.8 Å². The molecule has 2 N–H and O–H groups in total. The molecule has 1 aliphatic rings. The lowest BCUT2D eigenvalue weighted by Gasteiger charge is -2.27. The number of tetrazole rings is 1. The third kappa shape index (κ3) is 5.19. The van der Waals surface area contributed by atoms with Crippen molar-refractivity contribution in [2.45, 2.75) is 44.9 Å².